The van der Waals surface area contributed by atoms with E-state index in [0.717, 1.165) is 6.26 Å². The van der Waals surface area contributed by atoms with E-state index >= 15 is 0 Å². The van der Waals surface area contributed by atoms with Crippen molar-refractivity contribution >= 4 is 45.5 Å². The van der Waals surface area contributed by atoms with E-state index in [9.17, 15) is 16.8 Å². The number of benzene rings is 1. The molecule has 9 heteroatoms. The Morgan fingerprint density at radius 3 is 2.33 bits per heavy atom. The molecular weight excluding hydrogens is 368 g/mol. The standard InChI is InChI=1S/C9H10BrClO5S2/c1-17(12,13)5-4-16-9-3-2-7(6-8(9)10)18(11,14)15/h2-3,6H,4-5H2,1H3. The van der Waals surface area contributed by atoms with Gasteiger partial charge in [0.2, 0.25) is 0 Å². The van der Waals surface area contributed by atoms with E-state index in [1.54, 1.807) is 0 Å². The number of rotatable bonds is 5. The van der Waals surface area contributed by atoms with Crippen molar-refractivity contribution in [3.8, 4) is 5.75 Å². The van der Waals surface area contributed by atoms with Gasteiger partial charge in [-0.1, -0.05) is 0 Å². The monoisotopic (exact) mass is 376 g/mol. The average molecular weight is 378 g/mol. The summed E-state index contributed by atoms with van der Waals surface area (Å²) in [4.78, 5) is -0.0634. The molecule has 0 N–H and O–H groups in total. The SMILES string of the molecule is CS(=O)(=O)CCOc1ccc(S(=O)(=O)Cl)cc1Br. The number of sulfone groups is 1. The van der Waals surface area contributed by atoms with Gasteiger partial charge in [0.25, 0.3) is 9.05 Å². The first-order valence-electron chi connectivity index (χ1n) is 4.64. The number of hydrogen-bond donors (Lipinski definition) is 0. The summed E-state index contributed by atoms with van der Waals surface area (Å²) in [7, 11) is -1.71. The third kappa shape index (κ3) is 5.13. The van der Waals surface area contributed by atoms with Crippen LogP contribution in [0.4, 0.5) is 0 Å². The second-order valence-electron chi connectivity index (χ2n) is 3.51. The van der Waals surface area contributed by atoms with Crippen LogP contribution in [0.3, 0.4) is 0 Å². The highest BCUT2D eigenvalue weighted by Crippen LogP contribution is 2.29. The van der Waals surface area contributed by atoms with Gasteiger partial charge in [-0.2, -0.15) is 0 Å². The van der Waals surface area contributed by atoms with Crippen molar-refractivity contribution in [1.82, 2.24) is 0 Å². The molecule has 102 valence electrons. The molecule has 0 amide bonds. The van der Waals surface area contributed by atoms with Crippen LogP contribution >= 0.6 is 26.6 Å². The molecule has 0 unspecified atom stereocenters. The Morgan fingerprint density at radius 2 is 1.89 bits per heavy atom. The van der Waals surface area contributed by atoms with E-state index in [0.29, 0.717) is 10.2 Å². The summed E-state index contributed by atoms with van der Waals surface area (Å²) in [6.45, 7) is -0.00952. The third-order valence-corrected chi connectivity index (χ3v) is 4.78. The minimum atomic E-state index is -3.80. The number of ether oxygens (including phenoxy) is 1. The minimum Gasteiger partial charge on any atom is -0.491 e. The maximum absolute atomic E-state index is 11.1. The number of halogens is 2. The Balaban J connectivity index is 2.81. The highest BCUT2D eigenvalue weighted by Gasteiger charge is 2.13. The summed E-state index contributed by atoms with van der Waals surface area (Å²) >= 11 is 3.12. The first kappa shape index (κ1) is 15.7. The Morgan fingerprint density at radius 1 is 1.28 bits per heavy atom. The quantitative estimate of drug-likeness (QED) is 0.731. The molecule has 0 saturated carbocycles. The Hall–Kier alpha value is -0.310. The molecule has 0 aliphatic heterocycles. The molecule has 1 aromatic carbocycles. The van der Waals surface area contributed by atoms with Crippen LogP contribution in [0.2, 0.25) is 0 Å². The van der Waals surface area contributed by atoms with Crippen LogP contribution in [0.1, 0.15) is 0 Å². The average Bonchev–Trinajstić information content (AvgIpc) is 2.17. The van der Waals surface area contributed by atoms with Crippen LogP contribution in [0.5, 0.6) is 5.75 Å². The van der Waals surface area contributed by atoms with Crippen LogP contribution in [0.25, 0.3) is 0 Å². The van der Waals surface area contributed by atoms with Crippen molar-refractivity contribution in [2.24, 2.45) is 0 Å². The molecule has 5 nitrogen and oxygen atoms in total. The van der Waals surface area contributed by atoms with Crippen molar-refractivity contribution in [3.63, 3.8) is 0 Å². The maximum atomic E-state index is 11.1. The van der Waals surface area contributed by atoms with Gasteiger partial charge in [-0.3, -0.25) is 0 Å². The van der Waals surface area contributed by atoms with Gasteiger partial charge in [-0.05, 0) is 34.1 Å². The van der Waals surface area contributed by atoms with E-state index in [-0.39, 0.29) is 17.3 Å². The van der Waals surface area contributed by atoms with E-state index < -0.39 is 18.9 Å². The van der Waals surface area contributed by atoms with Gasteiger partial charge in [0.05, 0.1) is 15.1 Å². The molecule has 0 spiro atoms. The molecule has 18 heavy (non-hydrogen) atoms. The lowest BCUT2D eigenvalue weighted by Gasteiger charge is -2.08. The molecule has 0 radical (unpaired) electrons. The van der Waals surface area contributed by atoms with Gasteiger partial charge in [0.1, 0.15) is 12.4 Å². The molecule has 0 atom stereocenters. The molecule has 0 heterocycles. The number of hydrogen-bond acceptors (Lipinski definition) is 5. The van der Waals surface area contributed by atoms with Crippen LogP contribution < -0.4 is 4.74 Å². The lowest BCUT2D eigenvalue weighted by atomic mass is 10.3. The molecule has 0 aliphatic rings. The van der Waals surface area contributed by atoms with Gasteiger partial charge < -0.3 is 4.74 Å². The fourth-order valence-corrected chi connectivity index (χ4v) is 2.86. The van der Waals surface area contributed by atoms with Crippen LogP contribution in [-0.2, 0) is 18.9 Å². The largest absolute Gasteiger partial charge is 0.491 e. The second-order valence-corrected chi connectivity index (χ2v) is 9.19. The predicted octanol–water partition coefficient (Wildman–Crippen LogP) is 1.80. The van der Waals surface area contributed by atoms with Crippen LogP contribution in [0.15, 0.2) is 27.6 Å². The van der Waals surface area contributed by atoms with E-state index in [1.807, 2.05) is 0 Å². The zero-order valence-corrected chi connectivity index (χ0v) is 13.2. The summed E-state index contributed by atoms with van der Waals surface area (Å²) in [5.74, 6) is 0.234. The van der Waals surface area contributed by atoms with Gasteiger partial charge in [0, 0.05) is 16.9 Å². The summed E-state index contributed by atoms with van der Waals surface area (Å²) in [5.41, 5.74) is 0. The highest BCUT2D eigenvalue weighted by molar-refractivity contribution is 9.10. The predicted molar refractivity (Wildman–Crippen MR) is 72.4 cm³/mol. The van der Waals surface area contributed by atoms with Crippen molar-refractivity contribution in [1.29, 1.82) is 0 Å². The minimum absolute atomic E-state index is 0.00952. The lowest BCUT2D eigenvalue weighted by molar-refractivity contribution is 0.338. The zero-order valence-electron chi connectivity index (χ0n) is 9.26. The van der Waals surface area contributed by atoms with E-state index in [2.05, 4.69) is 15.9 Å². The highest BCUT2D eigenvalue weighted by atomic mass is 79.9. The third-order valence-electron chi connectivity index (χ3n) is 1.90. The molecule has 0 saturated heterocycles. The van der Waals surface area contributed by atoms with Crippen molar-refractivity contribution in [3.05, 3.63) is 22.7 Å². The first-order valence-corrected chi connectivity index (χ1v) is 9.80. The molecule has 0 fully saturated rings. The second kappa shape index (κ2) is 5.77. The Bertz CT molecular complexity index is 639. The lowest BCUT2D eigenvalue weighted by Crippen LogP contribution is -2.12. The van der Waals surface area contributed by atoms with E-state index in [4.69, 9.17) is 15.4 Å². The van der Waals surface area contributed by atoms with Gasteiger partial charge in [0.15, 0.2) is 9.84 Å². The van der Waals surface area contributed by atoms with E-state index in [1.165, 1.54) is 18.2 Å². The molecule has 0 aromatic heterocycles. The van der Waals surface area contributed by atoms with Crippen molar-refractivity contribution in [2.75, 3.05) is 18.6 Å². The van der Waals surface area contributed by atoms with Gasteiger partial charge in [-0.25, -0.2) is 16.8 Å². The molecule has 1 aromatic rings. The van der Waals surface area contributed by atoms with Crippen LogP contribution in [-0.4, -0.2) is 35.5 Å². The smallest absolute Gasteiger partial charge is 0.261 e. The summed E-state index contributed by atoms with van der Waals surface area (Å²) in [5, 5.41) is 0. The van der Waals surface area contributed by atoms with Crippen LogP contribution in [0, 0.1) is 0 Å². The first-order chi connectivity index (χ1) is 8.09. The van der Waals surface area contributed by atoms with Crippen molar-refractivity contribution in [2.45, 2.75) is 4.90 Å². The molecular formula is C9H10BrClO5S2. The summed E-state index contributed by atoms with van der Waals surface area (Å²) in [6.07, 6.45) is 1.11. The summed E-state index contributed by atoms with van der Waals surface area (Å²) in [6, 6.07) is 3.97. The van der Waals surface area contributed by atoms with Gasteiger partial charge >= 0.3 is 0 Å². The maximum Gasteiger partial charge on any atom is 0.261 e. The zero-order chi connectivity index (χ0) is 14.0. The molecule has 1 rings (SSSR count). The van der Waals surface area contributed by atoms with Gasteiger partial charge in [-0.15, -0.1) is 0 Å². The molecule has 0 aliphatic carbocycles. The fourth-order valence-electron chi connectivity index (χ4n) is 1.05. The topological polar surface area (TPSA) is 77.5 Å². The Kier molecular flexibility index (Phi) is 5.05. The molecule has 0 bridgehead atoms. The summed E-state index contributed by atoms with van der Waals surface area (Å²) < 4.78 is 49.5. The normalized spacial score (nSPS) is 12.4. The fraction of sp³-hybridized carbons (Fsp3) is 0.333. The Labute approximate surface area is 119 Å². The van der Waals surface area contributed by atoms with Crippen molar-refractivity contribution < 1.29 is 21.6 Å².